The van der Waals surface area contributed by atoms with Gasteiger partial charge in [-0.05, 0) is 49.4 Å². The molecule has 2 N–H and O–H groups in total. The summed E-state index contributed by atoms with van der Waals surface area (Å²) in [5.74, 6) is -0.426. The van der Waals surface area contributed by atoms with Crippen LogP contribution in [0, 0.1) is 18.3 Å². The van der Waals surface area contributed by atoms with Crippen LogP contribution in [-0.2, 0) is 0 Å². The molecule has 1 aliphatic rings. The molecule has 0 bridgehead atoms. The second-order valence-corrected chi connectivity index (χ2v) is 5.50. The van der Waals surface area contributed by atoms with Gasteiger partial charge >= 0.3 is 5.69 Å². The Morgan fingerprint density at radius 1 is 1.17 bits per heavy atom. The molecule has 1 aromatic heterocycles. The fraction of sp³-hybridized carbons (Fsp3) is 0.333. The molecule has 0 aliphatic heterocycles. The number of hydrogen-bond acceptors (Lipinski definition) is 4. The van der Waals surface area contributed by atoms with Crippen LogP contribution in [0.3, 0.4) is 0 Å². The highest BCUT2D eigenvalue weighted by Gasteiger charge is 2.32. The van der Waals surface area contributed by atoms with E-state index in [9.17, 15) is 14.4 Å². The molecule has 2 aromatic rings. The molecule has 124 valence electrons. The first kappa shape index (κ1) is 17.4. The lowest BCUT2D eigenvalue weighted by Gasteiger charge is -2.07. The minimum absolute atomic E-state index is 0.0137. The first-order chi connectivity index (χ1) is 11.5. The first-order valence-electron chi connectivity index (χ1n) is 7.92. The average Bonchev–Trinajstić information content (AvgIpc) is 3.39. The number of H-pyrrole nitrogens is 2. The Morgan fingerprint density at radius 2 is 1.83 bits per heavy atom. The Bertz CT molecular complexity index is 928. The van der Waals surface area contributed by atoms with Crippen LogP contribution < -0.4 is 11.2 Å². The highest BCUT2D eigenvalue weighted by Crippen LogP contribution is 2.39. The van der Waals surface area contributed by atoms with Crippen molar-refractivity contribution in [1.82, 2.24) is 9.97 Å². The predicted octanol–water partition coefficient (Wildman–Crippen LogP) is 2.38. The number of carbonyl (C=O) groups is 1. The smallest absolute Gasteiger partial charge is 0.304 e. The van der Waals surface area contributed by atoms with Crippen molar-refractivity contribution in [3.05, 3.63) is 67.0 Å². The van der Waals surface area contributed by atoms with Gasteiger partial charge in [-0.2, -0.15) is 5.26 Å². The topological polar surface area (TPSA) is 107 Å². The van der Waals surface area contributed by atoms with Crippen molar-refractivity contribution >= 4 is 5.78 Å². The van der Waals surface area contributed by atoms with Crippen LogP contribution in [0.15, 0.2) is 27.8 Å². The molecule has 0 radical (unpaired) electrons. The largest absolute Gasteiger partial charge is 0.326 e. The maximum atomic E-state index is 12.7. The van der Waals surface area contributed by atoms with Crippen LogP contribution in [0.2, 0.25) is 0 Å². The van der Waals surface area contributed by atoms with E-state index in [1.54, 1.807) is 19.1 Å². The summed E-state index contributed by atoms with van der Waals surface area (Å²) in [6.07, 6.45) is 1.65. The second-order valence-electron chi connectivity index (χ2n) is 5.50. The highest BCUT2D eigenvalue weighted by atomic mass is 16.2. The Morgan fingerprint density at radius 3 is 2.42 bits per heavy atom. The lowest BCUT2D eigenvalue weighted by molar-refractivity contribution is 0.103. The number of ketones is 1. The summed E-state index contributed by atoms with van der Waals surface area (Å²) < 4.78 is 0. The monoisotopic (exact) mass is 325 g/mol. The number of nitriles is 1. The molecule has 24 heavy (non-hydrogen) atoms. The van der Waals surface area contributed by atoms with E-state index >= 15 is 0 Å². The summed E-state index contributed by atoms with van der Waals surface area (Å²) in [6.45, 7) is 5.78. The van der Waals surface area contributed by atoms with Gasteiger partial charge in [-0.15, -0.1) is 0 Å². The maximum Gasteiger partial charge on any atom is 0.326 e. The van der Waals surface area contributed by atoms with Crippen molar-refractivity contribution in [2.24, 2.45) is 0 Å². The Kier molecular flexibility index (Phi) is 5.14. The van der Waals surface area contributed by atoms with Gasteiger partial charge in [0.1, 0.15) is 0 Å². The molecule has 1 saturated carbocycles. The molecule has 6 heteroatoms. The second kappa shape index (κ2) is 7.09. The van der Waals surface area contributed by atoms with Gasteiger partial charge in [-0.1, -0.05) is 13.8 Å². The van der Waals surface area contributed by atoms with Gasteiger partial charge in [0.2, 0.25) is 5.78 Å². The number of nitrogens with one attached hydrogen (secondary N) is 2. The van der Waals surface area contributed by atoms with Gasteiger partial charge in [-0.25, -0.2) is 4.79 Å². The SMILES string of the molecule is CC.Cc1cc(C#N)cc(C(=O)c2[nH]c(=O)[nH]c(=O)c2C2CC2)c1. The van der Waals surface area contributed by atoms with Gasteiger partial charge in [-0.3, -0.25) is 14.6 Å². The average molecular weight is 325 g/mol. The highest BCUT2D eigenvalue weighted by molar-refractivity contribution is 6.09. The van der Waals surface area contributed by atoms with E-state index in [0.717, 1.165) is 18.4 Å². The summed E-state index contributed by atoms with van der Waals surface area (Å²) >= 11 is 0. The third-order valence-electron chi connectivity index (χ3n) is 3.66. The normalized spacial score (nSPS) is 12.8. The van der Waals surface area contributed by atoms with Crippen LogP contribution in [0.25, 0.3) is 0 Å². The van der Waals surface area contributed by atoms with E-state index in [0.29, 0.717) is 16.7 Å². The fourth-order valence-electron chi connectivity index (χ4n) is 2.56. The van der Waals surface area contributed by atoms with E-state index in [1.807, 2.05) is 19.9 Å². The summed E-state index contributed by atoms with van der Waals surface area (Å²) in [5, 5.41) is 9.01. The number of hydrogen-bond donors (Lipinski definition) is 2. The molecule has 0 spiro atoms. The molecule has 0 unspecified atom stereocenters. The zero-order valence-corrected chi connectivity index (χ0v) is 13.9. The number of benzene rings is 1. The Hall–Kier alpha value is -2.94. The molecule has 1 aliphatic carbocycles. The minimum Gasteiger partial charge on any atom is -0.304 e. The number of aromatic amines is 2. The van der Waals surface area contributed by atoms with Crippen molar-refractivity contribution < 1.29 is 4.79 Å². The molecule has 1 fully saturated rings. The van der Waals surface area contributed by atoms with Gasteiger partial charge < -0.3 is 4.98 Å². The summed E-state index contributed by atoms with van der Waals surface area (Å²) in [6, 6.07) is 6.76. The maximum absolute atomic E-state index is 12.7. The van der Waals surface area contributed by atoms with Gasteiger partial charge in [0, 0.05) is 11.1 Å². The van der Waals surface area contributed by atoms with Crippen LogP contribution in [-0.4, -0.2) is 15.8 Å². The zero-order chi connectivity index (χ0) is 17.9. The molecule has 0 amide bonds. The van der Waals surface area contributed by atoms with Crippen molar-refractivity contribution in [3.63, 3.8) is 0 Å². The molecule has 0 saturated heterocycles. The molecule has 1 aromatic carbocycles. The Balaban J connectivity index is 0.00000100. The van der Waals surface area contributed by atoms with E-state index in [4.69, 9.17) is 5.26 Å². The van der Waals surface area contributed by atoms with E-state index in [-0.39, 0.29) is 11.6 Å². The van der Waals surface area contributed by atoms with Crippen molar-refractivity contribution in [3.8, 4) is 6.07 Å². The number of carbonyl (C=O) groups excluding carboxylic acids is 1. The third kappa shape index (κ3) is 3.51. The third-order valence-corrected chi connectivity index (χ3v) is 3.66. The summed E-state index contributed by atoms with van der Waals surface area (Å²) in [5.41, 5.74) is 0.579. The van der Waals surface area contributed by atoms with E-state index in [1.165, 1.54) is 6.07 Å². The minimum atomic E-state index is -0.703. The van der Waals surface area contributed by atoms with Crippen LogP contribution in [0.4, 0.5) is 0 Å². The lowest BCUT2D eigenvalue weighted by Crippen LogP contribution is -2.30. The Labute approximate surface area is 139 Å². The van der Waals surface area contributed by atoms with Crippen LogP contribution >= 0.6 is 0 Å². The standard InChI is InChI=1S/C16H13N3O3.C2H6/c1-8-4-9(7-17)6-11(5-8)14(20)13-12(10-2-3-10)15(21)19-16(22)18-13;1-2/h4-6,10H,2-3H2,1H3,(H2,18,19,21,22);1-2H3. The molecule has 3 rings (SSSR count). The summed E-state index contributed by atoms with van der Waals surface area (Å²) in [4.78, 5) is 40.8. The molecule has 1 heterocycles. The number of aryl methyl sites for hydroxylation is 1. The molecule has 0 atom stereocenters. The van der Waals surface area contributed by atoms with Crippen molar-refractivity contribution in [2.45, 2.75) is 39.5 Å². The van der Waals surface area contributed by atoms with E-state index in [2.05, 4.69) is 9.97 Å². The van der Waals surface area contributed by atoms with Gasteiger partial charge in [0.25, 0.3) is 5.56 Å². The summed E-state index contributed by atoms with van der Waals surface area (Å²) in [7, 11) is 0. The molecular formula is C18H19N3O3. The zero-order valence-electron chi connectivity index (χ0n) is 13.9. The predicted molar refractivity (Wildman–Crippen MR) is 90.3 cm³/mol. The van der Waals surface area contributed by atoms with Crippen molar-refractivity contribution in [1.29, 1.82) is 5.26 Å². The lowest BCUT2D eigenvalue weighted by atomic mass is 9.99. The van der Waals surface area contributed by atoms with Crippen LogP contribution in [0.1, 0.15) is 65.3 Å². The molecule has 6 nitrogen and oxygen atoms in total. The quantitative estimate of drug-likeness (QED) is 0.845. The number of aromatic nitrogens is 2. The molecular weight excluding hydrogens is 306 g/mol. The van der Waals surface area contributed by atoms with E-state index < -0.39 is 17.0 Å². The van der Waals surface area contributed by atoms with Gasteiger partial charge in [0.15, 0.2) is 0 Å². The van der Waals surface area contributed by atoms with Gasteiger partial charge in [0.05, 0.1) is 17.3 Å². The van der Waals surface area contributed by atoms with Crippen LogP contribution in [0.5, 0.6) is 0 Å². The first-order valence-corrected chi connectivity index (χ1v) is 7.92. The van der Waals surface area contributed by atoms with Crippen molar-refractivity contribution in [2.75, 3.05) is 0 Å². The number of nitrogens with zero attached hydrogens (tertiary/aromatic N) is 1. The fourth-order valence-corrected chi connectivity index (χ4v) is 2.56. The number of rotatable bonds is 3.